The van der Waals surface area contributed by atoms with Gasteiger partial charge in [0.15, 0.2) is 5.82 Å². The predicted molar refractivity (Wildman–Crippen MR) is 122 cm³/mol. The fourth-order valence-corrected chi connectivity index (χ4v) is 3.96. The van der Waals surface area contributed by atoms with Gasteiger partial charge >= 0.3 is 0 Å². The third-order valence-corrected chi connectivity index (χ3v) is 5.63. The van der Waals surface area contributed by atoms with Crippen molar-refractivity contribution in [2.24, 2.45) is 5.92 Å². The van der Waals surface area contributed by atoms with Gasteiger partial charge in [0.1, 0.15) is 5.75 Å². The van der Waals surface area contributed by atoms with Gasteiger partial charge < -0.3 is 15.0 Å². The molecule has 1 saturated heterocycles. The van der Waals surface area contributed by atoms with Crippen LogP contribution in [0, 0.1) is 12.8 Å². The first kappa shape index (κ1) is 21.1. The number of carbonyl (C=O) groups is 1. The average Bonchev–Trinajstić information content (AvgIpc) is 2.79. The monoisotopic (exact) mass is 436 g/mol. The van der Waals surface area contributed by atoms with E-state index < -0.39 is 0 Å². The highest BCUT2D eigenvalue weighted by atomic mass is 35.5. The average molecular weight is 437 g/mol. The molecule has 160 valence electrons. The van der Waals surface area contributed by atoms with Crippen molar-refractivity contribution in [3.05, 3.63) is 77.1 Å². The van der Waals surface area contributed by atoms with Crippen LogP contribution in [-0.4, -0.2) is 29.0 Å². The fourth-order valence-electron chi connectivity index (χ4n) is 3.75. The van der Waals surface area contributed by atoms with E-state index in [-0.39, 0.29) is 11.8 Å². The Kier molecular flexibility index (Phi) is 6.67. The number of rotatable bonds is 6. The smallest absolute Gasteiger partial charge is 0.263 e. The lowest BCUT2D eigenvalue weighted by atomic mass is 9.97. The third-order valence-electron chi connectivity index (χ3n) is 5.39. The predicted octanol–water partition coefficient (Wildman–Crippen LogP) is 4.76. The molecule has 0 aliphatic carbocycles. The number of aryl methyl sites for hydroxylation is 1. The molecule has 2 heterocycles. The summed E-state index contributed by atoms with van der Waals surface area (Å²) in [6.07, 6.45) is 5.01. The van der Waals surface area contributed by atoms with Gasteiger partial charge in [-0.3, -0.25) is 4.79 Å². The molecule has 3 aromatic rings. The highest BCUT2D eigenvalue weighted by Gasteiger charge is 2.28. The van der Waals surface area contributed by atoms with Crippen molar-refractivity contribution in [3.8, 4) is 11.6 Å². The molecule has 1 aromatic heterocycles. The minimum absolute atomic E-state index is 0.0370. The molecular formula is C24H25ClN4O2. The maximum Gasteiger partial charge on any atom is 0.263 e. The minimum Gasteiger partial charge on any atom is -0.436 e. The van der Waals surface area contributed by atoms with Crippen LogP contribution in [0.25, 0.3) is 0 Å². The van der Waals surface area contributed by atoms with Gasteiger partial charge in [-0.2, -0.15) is 0 Å². The van der Waals surface area contributed by atoms with Crippen molar-refractivity contribution >= 4 is 23.3 Å². The Balaban J connectivity index is 1.44. The molecule has 0 bridgehead atoms. The molecular weight excluding hydrogens is 412 g/mol. The highest BCUT2D eigenvalue weighted by molar-refractivity contribution is 6.30. The van der Waals surface area contributed by atoms with Crippen molar-refractivity contribution in [1.82, 2.24) is 15.3 Å². The second-order valence-electron chi connectivity index (χ2n) is 7.69. The first-order valence-corrected chi connectivity index (χ1v) is 10.8. The number of nitrogens with one attached hydrogen (secondary N) is 1. The Morgan fingerprint density at radius 3 is 2.87 bits per heavy atom. The van der Waals surface area contributed by atoms with Gasteiger partial charge in [0.25, 0.3) is 5.88 Å². The number of amides is 1. The van der Waals surface area contributed by atoms with Crippen molar-refractivity contribution in [1.29, 1.82) is 0 Å². The number of carbonyl (C=O) groups excluding carboxylic acids is 1. The van der Waals surface area contributed by atoms with Crippen LogP contribution in [0.1, 0.15) is 24.0 Å². The highest BCUT2D eigenvalue weighted by Crippen LogP contribution is 2.32. The SMILES string of the molecule is Cc1ccccc1Oc1nccnc1N1CCC[C@@H](C(=O)NCc2cccc(Cl)c2)C1. The first-order valence-electron chi connectivity index (χ1n) is 10.4. The summed E-state index contributed by atoms with van der Waals surface area (Å²) in [6.45, 7) is 3.83. The summed E-state index contributed by atoms with van der Waals surface area (Å²) in [6, 6.07) is 15.3. The Bertz CT molecular complexity index is 1060. The van der Waals surface area contributed by atoms with E-state index in [0.29, 0.717) is 29.8 Å². The van der Waals surface area contributed by atoms with E-state index in [1.807, 2.05) is 55.5 Å². The summed E-state index contributed by atoms with van der Waals surface area (Å²) < 4.78 is 6.08. The van der Waals surface area contributed by atoms with Crippen molar-refractivity contribution in [2.75, 3.05) is 18.0 Å². The molecule has 31 heavy (non-hydrogen) atoms. The van der Waals surface area contributed by atoms with Gasteiger partial charge in [-0.15, -0.1) is 0 Å². The van der Waals surface area contributed by atoms with E-state index in [1.54, 1.807) is 12.4 Å². The molecule has 1 aliphatic heterocycles. The summed E-state index contributed by atoms with van der Waals surface area (Å²) in [5, 5.41) is 3.70. The molecule has 0 saturated carbocycles. The second kappa shape index (κ2) is 9.79. The minimum atomic E-state index is -0.124. The number of benzene rings is 2. The van der Waals surface area contributed by atoms with Crippen LogP contribution in [-0.2, 0) is 11.3 Å². The molecule has 0 unspecified atom stereocenters. The van der Waals surface area contributed by atoms with Crippen LogP contribution in [0.15, 0.2) is 60.9 Å². The van der Waals surface area contributed by atoms with Crippen molar-refractivity contribution < 1.29 is 9.53 Å². The lowest BCUT2D eigenvalue weighted by molar-refractivity contribution is -0.125. The van der Waals surface area contributed by atoms with E-state index in [4.69, 9.17) is 16.3 Å². The summed E-state index contributed by atoms with van der Waals surface area (Å²) in [7, 11) is 0. The zero-order chi connectivity index (χ0) is 21.6. The molecule has 1 amide bonds. The molecule has 1 N–H and O–H groups in total. The Morgan fingerprint density at radius 2 is 2.03 bits per heavy atom. The van der Waals surface area contributed by atoms with E-state index in [0.717, 1.165) is 36.3 Å². The standard InChI is InChI=1S/C24H25ClN4O2/c1-17-6-2-3-10-21(17)31-24-22(26-11-12-27-24)29-13-5-8-19(16-29)23(30)28-15-18-7-4-9-20(25)14-18/h2-4,6-7,9-12,14,19H,5,8,13,15-16H2,1H3,(H,28,30)/t19-/m1/s1. The number of para-hydroxylation sites is 1. The van der Waals surface area contributed by atoms with Crippen LogP contribution in [0.2, 0.25) is 5.02 Å². The van der Waals surface area contributed by atoms with Gasteiger partial charge in [0.2, 0.25) is 5.91 Å². The molecule has 1 fully saturated rings. The topological polar surface area (TPSA) is 67.4 Å². The maximum atomic E-state index is 12.8. The Morgan fingerprint density at radius 1 is 1.19 bits per heavy atom. The lowest BCUT2D eigenvalue weighted by Crippen LogP contribution is -2.43. The molecule has 0 radical (unpaired) electrons. The Labute approximate surface area is 187 Å². The van der Waals surface area contributed by atoms with E-state index in [9.17, 15) is 4.79 Å². The molecule has 7 heteroatoms. The number of hydrogen-bond donors (Lipinski definition) is 1. The number of halogens is 1. The van der Waals surface area contributed by atoms with E-state index in [2.05, 4.69) is 20.2 Å². The molecule has 1 aliphatic rings. The first-order chi connectivity index (χ1) is 15.1. The van der Waals surface area contributed by atoms with Crippen molar-refractivity contribution in [2.45, 2.75) is 26.3 Å². The molecule has 4 rings (SSSR count). The zero-order valence-electron chi connectivity index (χ0n) is 17.4. The summed E-state index contributed by atoms with van der Waals surface area (Å²) >= 11 is 6.03. The summed E-state index contributed by atoms with van der Waals surface area (Å²) in [5.41, 5.74) is 2.01. The quantitative estimate of drug-likeness (QED) is 0.603. The molecule has 0 spiro atoms. The van der Waals surface area contributed by atoms with Gasteiger partial charge in [-0.1, -0.05) is 41.9 Å². The van der Waals surface area contributed by atoms with Gasteiger partial charge in [-0.25, -0.2) is 9.97 Å². The fraction of sp³-hybridized carbons (Fsp3) is 0.292. The van der Waals surface area contributed by atoms with Crippen molar-refractivity contribution in [3.63, 3.8) is 0 Å². The normalized spacial score (nSPS) is 16.1. The number of aromatic nitrogens is 2. The summed E-state index contributed by atoms with van der Waals surface area (Å²) in [4.78, 5) is 23.8. The molecule has 6 nitrogen and oxygen atoms in total. The third kappa shape index (κ3) is 5.33. The number of hydrogen-bond acceptors (Lipinski definition) is 5. The second-order valence-corrected chi connectivity index (χ2v) is 8.12. The van der Waals surface area contributed by atoms with Crippen LogP contribution in [0.4, 0.5) is 5.82 Å². The molecule has 2 aromatic carbocycles. The lowest BCUT2D eigenvalue weighted by Gasteiger charge is -2.33. The number of anilines is 1. The van der Waals surface area contributed by atoms with Crippen LogP contribution >= 0.6 is 11.6 Å². The van der Waals surface area contributed by atoms with E-state index >= 15 is 0 Å². The maximum absolute atomic E-state index is 12.8. The van der Waals surface area contributed by atoms with Crippen LogP contribution in [0.5, 0.6) is 11.6 Å². The largest absolute Gasteiger partial charge is 0.436 e. The number of nitrogens with zero attached hydrogens (tertiary/aromatic N) is 3. The van der Waals surface area contributed by atoms with Crippen LogP contribution < -0.4 is 15.0 Å². The van der Waals surface area contributed by atoms with Gasteiger partial charge in [-0.05, 0) is 49.1 Å². The number of ether oxygens (including phenoxy) is 1. The van der Waals surface area contributed by atoms with E-state index in [1.165, 1.54) is 0 Å². The number of piperidine rings is 1. The Hall–Kier alpha value is -3.12. The van der Waals surface area contributed by atoms with Crippen LogP contribution in [0.3, 0.4) is 0 Å². The van der Waals surface area contributed by atoms with Gasteiger partial charge in [0.05, 0.1) is 5.92 Å². The van der Waals surface area contributed by atoms with Gasteiger partial charge in [0, 0.05) is 37.1 Å². The zero-order valence-corrected chi connectivity index (χ0v) is 18.2. The molecule has 1 atom stereocenters. The summed E-state index contributed by atoms with van der Waals surface area (Å²) in [5.74, 6) is 1.78.